The Bertz CT molecular complexity index is 969. The number of carbonyl (C=O) groups is 1. The third kappa shape index (κ3) is 7.64. The van der Waals surface area contributed by atoms with Crippen LogP contribution in [0.25, 0.3) is 5.57 Å². The Morgan fingerprint density at radius 2 is 1.68 bits per heavy atom. The summed E-state index contributed by atoms with van der Waals surface area (Å²) in [6.07, 6.45) is 3.03. The van der Waals surface area contributed by atoms with E-state index in [1.807, 2.05) is 26.8 Å². The molecule has 34 heavy (non-hydrogen) atoms. The highest BCUT2D eigenvalue weighted by Gasteiger charge is 2.25. The van der Waals surface area contributed by atoms with E-state index in [1.165, 1.54) is 24.3 Å². The molecule has 0 spiro atoms. The molecule has 4 rings (SSSR count). The number of ether oxygens (including phenoxy) is 1. The second kappa shape index (κ2) is 11.6. The number of hydrogen-bond donors (Lipinski definition) is 2. The topological polar surface area (TPSA) is 61.8 Å². The van der Waals surface area contributed by atoms with Crippen molar-refractivity contribution in [3.8, 4) is 0 Å². The van der Waals surface area contributed by atoms with Crippen LogP contribution in [-0.4, -0.2) is 54.0 Å². The Morgan fingerprint density at radius 3 is 2.21 bits per heavy atom. The summed E-state index contributed by atoms with van der Waals surface area (Å²) in [5.74, 6) is -0.311. The van der Waals surface area contributed by atoms with Crippen molar-refractivity contribution in [2.24, 2.45) is 0 Å². The zero-order valence-corrected chi connectivity index (χ0v) is 20.1. The van der Waals surface area contributed by atoms with Gasteiger partial charge < -0.3 is 20.1 Å². The van der Waals surface area contributed by atoms with Crippen LogP contribution in [0, 0.1) is 11.6 Å². The first kappa shape index (κ1) is 25.8. The lowest BCUT2D eigenvalue weighted by Gasteiger charge is -2.29. The van der Waals surface area contributed by atoms with Crippen LogP contribution in [0.3, 0.4) is 0 Å². The fourth-order valence-electron chi connectivity index (χ4n) is 4.03. The molecule has 2 atom stereocenters. The van der Waals surface area contributed by atoms with E-state index in [2.05, 4.69) is 5.32 Å². The minimum absolute atomic E-state index is 0.150. The van der Waals surface area contributed by atoms with E-state index in [0.717, 1.165) is 36.1 Å². The van der Waals surface area contributed by atoms with Gasteiger partial charge in [0.05, 0.1) is 6.10 Å². The molecular formula is C27H34F2N2O3. The molecule has 5 nitrogen and oxygen atoms in total. The number of hydrogen-bond acceptors (Lipinski definition) is 4. The van der Waals surface area contributed by atoms with Crippen molar-refractivity contribution in [1.82, 2.24) is 10.2 Å². The quantitative estimate of drug-likeness (QED) is 0.638. The summed E-state index contributed by atoms with van der Waals surface area (Å²) in [5, 5.41) is 12.9. The van der Waals surface area contributed by atoms with Gasteiger partial charge >= 0.3 is 6.09 Å². The summed E-state index contributed by atoms with van der Waals surface area (Å²) in [6, 6.07) is 12.9. The van der Waals surface area contributed by atoms with Gasteiger partial charge in [0.1, 0.15) is 17.2 Å². The largest absolute Gasteiger partial charge is 0.444 e. The monoisotopic (exact) mass is 472 g/mol. The lowest BCUT2D eigenvalue weighted by molar-refractivity contribution is 0.0270. The average molecular weight is 473 g/mol. The number of amides is 1. The predicted molar refractivity (Wildman–Crippen MR) is 129 cm³/mol. The second-order valence-corrected chi connectivity index (χ2v) is 9.63. The molecule has 184 valence electrons. The number of rotatable bonds is 2. The maximum atomic E-state index is 12.9. The van der Waals surface area contributed by atoms with Crippen LogP contribution >= 0.6 is 0 Å². The van der Waals surface area contributed by atoms with E-state index in [-0.39, 0.29) is 29.7 Å². The number of carbonyl (C=O) groups excluding carboxylic acids is 1. The van der Waals surface area contributed by atoms with Crippen molar-refractivity contribution in [2.45, 2.75) is 51.2 Å². The van der Waals surface area contributed by atoms with E-state index >= 15 is 0 Å². The summed E-state index contributed by atoms with van der Waals surface area (Å²) in [7, 11) is 0. The van der Waals surface area contributed by atoms with E-state index in [9.17, 15) is 18.7 Å². The van der Waals surface area contributed by atoms with Gasteiger partial charge in [0.2, 0.25) is 0 Å². The molecule has 0 radical (unpaired) electrons. The van der Waals surface area contributed by atoms with E-state index in [1.54, 1.807) is 29.2 Å². The molecule has 2 N–H and O–H groups in total. The minimum atomic E-state index is -0.474. The molecule has 2 aromatic rings. The van der Waals surface area contributed by atoms with Gasteiger partial charge in [-0.1, -0.05) is 30.3 Å². The van der Waals surface area contributed by atoms with E-state index in [4.69, 9.17) is 4.74 Å². The van der Waals surface area contributed by atoms with Gasteiger partial charge in [0, 0.05) is 25.6 Å². The van der Waals surface area contributed by atoms with Crippen molar-refractivity contribution >= 4 is 11.7 Å². The second-order valence-electron chi connectivity index (χ2n) is 9.63. The number of β-amino-alcohol motifs (C(OH)–C–C–N with tert-alkyl or cyclic N) is 1. The first-order valence-electron chi connectivity index (χ1n) is 11.7. The van der Waals surface area contributed by atoms with Crippen molar-refractivity contribution in [1.29, 1.82) is 0 Å². The Hall–Kier alpha value is -2.77. The number of nitrogens with one attached hydrogen (secondary N) is 1. The molecule has 2 heterocycles. The van der Waals surface area contributed by atoms with E-state index < -0.39 is 5.60 Å². The molecule has 1 unspecified atom stereocenters. The summed E-state index contributed by atoms with van der Waals surface area (Å²) in [5.41, 5.74) is 2.71. The van der Waals surface area contributed by atoms with Crippen LogP contribution in [0.15, 0.2) is 54.6 Å². The van der Waals surface area contributed by atoms with Crippen LogP contribution < -0.4 is 5.32 Å². The van der Waals surface area contributed by atoms with Crippen LogP contribution in [0.2, 0.25) is 0 Å². The van der Waals surface area contributed by atoms with E-state index in [0.29, 0.717) is 19.6 Å². The smallest absolute Gasteiger partial charge is 0.410 e. The molecule has 0 aliphatic carbocycles. The van der Waals surface area contributed by atoms with Crippen LogP contribution in [-0.2, 0) is 4.74 Å². The Balaban J connectivity index is 0.000000202. The third-order valence-corrected chi connectivity index (χ3v) is 5.82. The number of aliphatic hydroxyl groups is 1. The molecule has 2 aliphatic heterocycles. The standard InChI is InChI=1S/C16H20FNO2.C11H14FNO/c1-16(2,3)20-15(19)18-10-8-13(9-11-18)12-4-6-14(17)7-5-12;12-9-3-1-8(2-4-9)10-5-6-13-7-11(10)14/h4-8H,9-11H2,1-3H3;1-4,10-11,13-14H,5-7H2/t;10?,11-/m.1/s1. The number of benzene rings is 2. The number of aliphatic hydroxyl groups excluding tert-OH is 1. The molecule has 7 heteroatoms. The number of piperidine rings is 1. The molecule has 2 aromatic carbocycles. The van der Waals surface area contributed by atoms with Crippen LogP contribution in [0.4, 0.5) is 13.6 Å². The van der Waals surface area contributed by atoms with Gasteiger partial charge in [-0.15, -0.1) is 0 Å². The Morgan fingerprint density at radius 1 is 1.06 bits per heavy atom. The van der Waals surface area contributed by atoms with Gasteiger partial charge in [-0.05, 0) is 81.1 Å². The normalized spacial score (nSPS) is 20.6. The lowest BCUT2D eigenvalue weighted by Crippen LogP contribution is -2.39. The molecular weight excluding hydrogens is 438 g/mol. The maximum Gasteiger partial charge on any atom is 0.410 e. The number of halogens is 2. The van der Waals surface area contributed by atoms with Crippen LogP contribution in [0.1, 0.15) is 50.7 Å². The highest BCUT2D eigenvalue weighted by molar-refractivity contribution is 5.72. The molecule has 1 amide bonds. The number of nitrogens with zero attached hydrogens (tertiary/aromatic N) is 1. The minimum Gasteiger partial charge on any atom is -0.444 e. The van der Waals surface area contributed by atoms with Gasteiger partial charge in [0.25, 0.3) is 0 Å². The van der Waals surface area contributed by atoms with Gasteiger partial charge in [0.15, 0.2) is 0 Å². The van der Waals surface area contributed by atoms with Gasteiger partial charge in [-0.3, -0.25) is 0 Å². The molecule has 2 aliphatic rings. The average Bonchev–Trinajstić information content (AvgIpc) is 2.80. The molecule has 1 saturated heterocycles. The Labute approximate surface area is 200 Å². The molecule has 0 bridgehead atoms. The highest BCUT2D eigenvalue weighted by atomic mass is 19.1. The molecule has 0 aromatic heterocycles. The summed E-state index contributed by atoms with van der Waals surface area (Å²) >= 11 is 0. The highest BCUT2D eigenvalue weighted by Crippen LogP contribution is 2.26. The fourth-order valence-corrected chi connectivity index (χ4v) is 4.03. The Kier molecular flexibility index (Phi) is 8.80. The van der Waals surface area contributed by atoms with Crippen molar-refractivity contribution in [3.63, 3.8) is 0 Å². The maximum absolute atomic E-state index is 12.9. The first-order chi connectivity index (χ1) is 16.1. The third-order valence-electron chi connectivity index (χ3n) is 5.82. The lowest BCUT2D eigenvalue weighted by atomic mass is 9.88. The fraction of sp³-hybridized carbons (Fsp3) is 0.444. The SMILES string of the molecule is CC(C)(C)OC(=O)N1CC=C(c2ccc(F)cc2)CC1.O[C@@H]1CNCCC1c1ccc(F)cc1. The van der Waals surface area contributed by atoms with Gasteiger partial charge in [-0.25, -0.2) is 13.6 Å². The van der Waals surface area contributed by atoms with Crippen molar-refractivity contribution < 1.29 is 23.4 Å². The predicted octanol–water partition coefficient (Wildman–Crippen LogP) is 5.11. The summed E-state index contributed by atoms with van der Waals surface area (Å²) in [6.45, 7) is 8.26. The molecule has 0 saturated carbocycles. The summed E-state index contributed by atoms with van der Waals surface area (Å²) in [4.78, 5) is 13.6. The first-order valence-corrected chi connectivity index (χ1v) is 11.7. The molecule has 1 fully saturated rings. The van der Waals surface area contributed by atoms with Crippen LogP contribution in [0.5, 0.6) is 0 Å². The zero-order chi connectivity index (χ0) is 24.7. The van der Waals surface area contributed by atoms with Crippen molar-refractivity contribution in [3.05, 3.63) is 77.4 Å². The van der Waals surface area contributed by atoms with Gasteiger partial charge in [-0.2, -0.15) is 0 Å². The zero-order valence-electron chi connectivity index (χ0n) is 20.1. The summed E-state index contributed by atoms with van der Waals surface area (Å²) < 4.78 is 30.9. The van der Waals surface area contributed by atoms with Crippen molar-refractivity contribution in [2.75, 3.05) is 26.2 Å².